The molecule has 0 N–H and O–H groups in total. The van der Waals surface area contributed by atoms with Crippen molar-refractivity contribution in [2.45, 2.75) is 32.7 Å². The quantitative estimate of drug-likeness (QED) is 0.787. The summed E-state index contributed by atoms with van der Waals surface area (Å²) in [5.74, 6) is 0.526. The largest absolute Gasteiger partial charge is 0.341 e. The monoisotopic (exact) mass is 249 g/mol. The Morgan fingerprint density at radius 3 is 3.00 bits per heavy atom. The molecule has 1 aliphatic heterocycles. The summed E-state index contributed by atoms with van der Waals surface area (Å²) in [6.07, 6.45) is 3.74. The molecule has 1 amide bonds. The number of hydrogen-bond acceptors (Lipinski definition) is 3. The maximum Gasteiger partial charge on any atom is 0.267 e. The molecule has 0 spiro atoms. The van der Waals surface area contributed by atoms with Crippen LogP contribution < -0.4 is 5.56 Å². The van der Waals surface area contributed by atoms with E-state index in [0.29, 0.717) is 5.92 Å². The van der Waals surface area contributed by atoms with Crippen LogP contribution in [0.4, 0.5) is 0 Å². The van der Waals surface area contributed by atoms with Crippen LogP contribution in [0, 0.1) is 5.92 Å². The van der Waals surface area contributed by atoms with E-state index in [0.717, 1.165) is 19.5 Å². The minimum atomic E-state index is -0.524. The normalized spacial score (nSPS) is 21.7. The van der Waals surface area contributed by atoms with Crippen molar-refractivity contribution in [3.05, 3.63) is 28.7 Å². The van der Waals surface area contributed by atoms with E-state index in [1.165, 1.54) is 23.4 Å². The molecule has 2 heterocycles. The van der Waals surface area contributed by atoms with Crippen molar-refractivity contribution in [2.24, 2.45) is 5.92 Å². The van der Waals surface area contributed by atoms with Gasteiger partial charge in [0.05, 0.1) is 0 Å². The van der Waals surface area contributed by atoms with Gasteiger partial charge in [0.25, 0.3) is 5.56 Å². The molecule has 0 bridgehead atoms. The maximum atomic E-state index is 12.3. The van der Waals surface area contributed by atoms with Crippen molar-refractivity contribution in [1.82, 2.24) is 14.7 Å². The second kappa shape index (κ2) is 5.33. The van der Waals surface area contributed by atoms with E-state index in [4.69, 9.17) is 0 Å². The molecule has 5 nitrogen and oxygen atoms in total. The van der Waals surface area contributed by atoms with Crippen LogP contribution in [0.15, 0.2) is 23.1 Å². The first-order chi connectivity index (χ1) is 8.59. The Balaban J connectivity index is 2.14. The van der Waals surface area contributed by atoms with Gasteiger partial charge in [0, 0.05) is 25.4 Å². The first-order valence-electron chi connectivity index (χ1n) is 6.42. The molecule has 1 aromatic rings. The average Bonchev–Trinajstić information content (AvgIpc) is 2.37. The molecule has 0 radical (unpaired) electrons. The summed E-state index contributed by atoms with van der Waals surface area (Å²) in [6.45, 7) is 5.45. The number of carbonyl (C=O) groups is 1. The first-order valence-corrected chi connectivity index (χ1v) is 6.42. The number of amides is 1. The molecule has 1 saturated heterocycles. The Kier molecular flexibility index (Phi) is 3.79. The molecular formula is C13H19N3O2. The van der Waals surface area contributed by atoms with Gasteiger partial charge in [-0.05, 0) is 31.7 Å². The lowest BCUT2D eigenvalue weighted by atomic mass is 10.00. The zero-order chi connectivity index (χ0) is 13.1. The average molecular weight is 249 g/mol. The predicted molar refractivity (Wildman–Crippen MR) is 68.2 cm³/mol. The van der Waals surface area contributed by atoms with E-state index in [9.17, 15) is 9.59 Å². The highest BCUT2D eigenvalue weighted by Gasteiger charge is 2.26. The fourth-order valence-corrected chi connectivity index (χ4v) is 2.42. The molecule has 2 atom stereocenters. The number of rotatable bonds is 2. The van der Waals surface area contributed by atoms with E-state index in [-0.39, 0.29) is 11.5 Å². The summed E-state index contributed by atoms with van der Waals surface area (Å²) in [5, 5.41) is 3.97. The molecule has 1 aromatic heterocycles. The Bertz CT molecular complexity index is 483. The van der Waals surface area contributed by atoms with Crippen LogP contribution in [0.25, 0.3) is 0 Å². The van der Waals surface area contributed by atoms with E-state index in [2.05, 4.69) is 12.0 Å². The lowest BCUT2D eigenvalue weighted by molar-refractivity contribution is -0.136. The molecule has 5 heteroatoms. The third-order valence-corrected chi connectivity index (χ3v) is 3.43. The minimum Gasteiger partial charge on any atom is -0.341 e. The van der Waals surface area contributed by atoms with E-state index < -0.39 is 6.04 Å². The molecule has 0 aliphatic carbocycles. The summed E-state index contributed by atoms with van der Waals surface area (Å²) in [7, 11) is 0. The fourth-order valence-electron chi connectivity index (χ4n) is 2.42. The number of aromatic nitrogens is 2. The highest BCUT2D eigenvalue weighted by molar-refractivity contribution is 5.80. The van der Waals surface area contributed by atoms with Crippen LogP contribution >= 0.6 is 0 Å². The van der Waals surface area contributed by atoms with Crippen LogP contribution in [0.3, 0.4) is 0 Å². The van der Waals surface area contributed by atoms with Gasteiger partial charge in [0.1, 0.15) is 6.04 Å². The molecule has 0 aromatic carbocycles. The minimum absolute atomic E-state index is 0.0117. The molecule has 1 fully saturated rings. The molecule has 18 heavy (non-hydrogen) atoms. The maximum absolute atomic E-state index is 12.3. The van der Waals surface area contributed by atoms with Gasteiger partial charge >= 0.3 is 0 Å². The van der Waals surface area contributed by atoms with Crippen LogP contribution in [-0.4, -0.2) is 33.7 Å². The van der Waals surface area contributed by atoms with E-state index in [1.807, 2.05) is 4.90 Å². The third-order valence-electron chi connectivity index (χ3n) is 3.43. The van der Waals surface area contributed by atoms with Crippen molar-refractivity contribution in [3.8, 4) is 0 Å². The summed E-state index contributed by atoms with van der Waals surface area (Å²) in [5.41, 5.74) is -0.233. The Morgan fingerprint density at radius 1 is 1.56 bits per heavy atom. The Hall–Kier alpha value is -1.65. The van der Waals surface area contributed by atoms with Crippen molar-refractivity contribution >= 4 is 5.91 Å². The molecule has 2 unspecified atom stereocenters. The second-order valence-electron chi connectivity index (χ2n) is 5.01. The van der Waals surface area contributed by atoms with Gasteiger partial charge in [-0.15, -0.1) is 0 Å². The number of nitrogens with zero attached hydrogens (tertiary/aromatic N) is 3. The predicted octanol–water partition coefficient (Wildman–Crippen LogP) is 1.06. The highest BCUT2D eigenvalue weighted by atomic mass is 16.2. The van der Waals surface area contributed by atoms with E-state index in [1.54, 1.807) is 13.0 Å². The van der Waals surface area contributed by atoms with Crippen LogP contribution in [0.1, 0.15) is 32.7 Å². The SMILES string of the molecule is CC1CCCN(C(=O)C(C)n2ncccc2=O)C1. The summed E-state index contributed by atoms with van der Waals surface area (Å²) in [6, 6.07) is 2.48. The topological polar surface area (TPSA) is 55.2 Å². The lowest BCUT2D eigenvalue weighted by Crippen LogP contribution is -2.44. The molecule has 98 valence electrons. The molecule has 2 rings (SSSR count). The van der Waals surface area contributed by atoms with E-state index >= 15 is 0 Å². The number of hydrogen-bond donors (Lipinski definition) is 0. The van der Waals surface area contributed by atoms with Crippen molar-refractivity contribution < 1.29 is 4.79 Å². The van der Waals surface area contributed by atoms with Crippen LogP contribution in [0.2, 0.25) is 0 Å². The fraction of sp³-hybridized carbons (Fsp3) is 0.615. The summed E-state index contributed by atoms with van der Waals surface area (Å²) < 4.78 is 1.25. The highest BCUT2D eigenvalue weighted by Crippen LogP contribution is 2.18. The van der Waals surface area contributed by atoms with Crippen molar-refractivity contribution in [3.63, 3.8) is 0 Å². The van der Waals surface area contributed by atoms with Gasteiger partial charge in [-0.1, -0.05) is 6.92 Å². The summed E-state index contributed by atoms with van der Waals surface area (Å²) in [4.78, 5) is 25.8. The van der Waals surface area contributed by atoms with Gasteiger partial charge in [0.2, 0.25) is 5.91 Å². The van der Waals surface area contributed by atoms with Gasteiger partial charge in [-0.25, -0.2) is 4.68 Å². The number of carbonyl (C=O) groups excluding carboxylic acids is 1. The van der Waals surface area contributed by atoms with Crippen molar-refractivity contribution in [1.29, 1.82) is 0 Å². The molecular weight excluding hydrogens is 230 g/mol. The van der Waals surface area contributed by atoms with Crippen LogP contribution in [0.5, 0.6) is 0 Å². The first kappa shape index (κ1) is 12.8. The van der Waals surface area contributed by atoms with Gasteiger partial charge in [-0.2, -0.15) is 5.10 Å². The second-order valence-corrected chi connectivity index (χ2v) is 5.01. The van der Waals surface area contributed by atoms with Crippen LogP contribution in [-0.2, 0) is 4.79 Å². The third kappa shape index (κ3) is 2.60. The van der Waals surface area contributed by atoms with Gasteiger partial charge < -0.3 is 4.90 Å². The lowest BCUT2D eigenvalue weighted by Gasteiger charge is -2.32. The smallest absolute Gasteiger partial charge is 0.267 e. The zero-order valence-electron chi connectivity index (χ0n) is 10.9. The number of piperidine rings is 1. The van der Waals surface area contributed by atoms with Gasteiger partial charge in [-0.3, -0.25) is 9.59 Å². The molecule has 0 saturated carbocycles. The van der Waals surface area contributed by atoms with Gasteiger partial charge in [0.15, 0.2) is 0 Å². The number of likely N-dealkylation sites (tertiary alicyclic amines) is 1. The van der Waals surface area contributed by atoms with Crippen molar-refractivity contribution in [2.75, 3.05) is 13.1 Å². The Labute approximate surface area is 106 Å². The Morgan fingerprint density at radius 2 is 2.33 bits per heavy atom. The summed E-state index contributed by atoms with van der Waals surface area (Å²) >= 11 is 0. The zero-order valence-corrected chi connectivity index (χ0v) is 10.9. The molecule has 1 aliphatic rings. The standard InChI is InChI=1S/C13H19N3O2/c1-10-5-4-8-15(9-10)13(18)11(2)16-12(17)6-3-7-14-16/h3,6-7,10-11H,4-5,8-9H2,1-2H3.